The molecule has 5 N–H and O–H groups in total. The molecule has 3 aromatic rings. The fourth-order valence-electron chi connectivity index (χ4n) is 3.28. The molecule has 0 saturated carbocycles. The summed E-state index contributed by atoms with van der Waals surface area (Å²) in [6.45, 7) is 1.89. The van der Waals surface area contributed by atoms with Gasteiger partial charge in [-0.3, -0.25) is 9.59 Å². The first-order chi connectivity index (χ1) is 16.0. The van der Waals surface area contributed by atoms with Crippen molar-refractivity contribution in [1.29, 1.82) is 0 Å². The van der Waals surface area contributed by atoms with Crippen molar-refractivity contribution >= 4 is 23.3 Å². The highest BCUT2D eigenvalue weighted by atomic mass is 16.3. The zero-order chi connectivity index (χ0) is 23.6. The number of carbonyl (C=O) groups excluding carboxylic acids is 2. The summed E-state index contributed by atoms with van der Waals surface area (Å²) in [5.41, 5.74) is 3.58. The monoisotopic (exact) mass is 448 g/mol. The van der Waals surface area contributed by atoms with Gasteiger partial charge in [0, 0.05) is 24.7 Å². The van der Waals surface area contributed by atoms with Crippen LogP contribution in [0.2, 0.25) is 0 Å². The highest BCUT2D eigenvalue weighted by molar-refractivity contribution is 6.01. The SMILES string of the molecule is CCCC(=O)Nc1cccnc1NCc1ccc(-c2ccccc2C(=O)NC(O)CO)cc1. The van der Waals surface area contributed by atoms with Gasteiger partial charge in [0.2, 0.25) is 5.91 Å². The number of nitrogens with one attached hydrogen (secondary N) is 3. The summed E-state index contributed by atoms with van der Waals surface area (Å²) < 4.78 is 0. The molecule has 0 bridgehead atoms. The van der Waals surface area contributed by atoms with E-state index in [4.69, 9.17) is 5.11 Å². The van der Waals surface area contributed by atoms with Crippen molar-refractivity contribution < 1.29 is 19.8 Å². The Balaban J connectivity index is 1.71. The molecule has 0 spiro atoms. The number of aromatic nitrogens is 1. The molecule has 172 valence electrons. The third-order valence-electron chi connectivity index (χ3n) is 4.93. The largest absolute Gasteiger partial charge is 0.392 e. The molecule has 1 aromatic heterocycles. The Hall–Kier alpha value is -3.75. The molecule has 8 nitrogen and oxygen atoms in total. The Morgan fingerprint density at radius 1 is 1.03 bits per heavy atom. The van der Waals surface area contributed by atoms with E-state index in [0.717, 1.165) is 17.5 Å². The van der Waals surface area contributed by atoms with Gasteiger partial charge in [0.1, 0.15) is 12.0 Å². The third-order valence-corrected chi connectivity index (χ3v) is 4.93. The van der Waals surface area contributed by atoms with Crippen LogP contribution in [0.1, 0.15) is 35.7 Å². The van der Waals surface area contributed by atoms with Crippen LogP contribution >= 0.6 is 0 Å². The van der Waals surface area contributed by atoms with Crippen molar-refractivity contribution in [3.63, 3.8) is 0 Å². The van der Waals surface area contributed by atoms with Crippen molar-refractivity contribution in [3.8, 4) is 11.1 Å². The molecule has 0 aliphatic carbocycles. The van der Waals surface area contributed by atoms with Crippen LogP contribution in [0.5, 0.6) is 0 Å². The van der Waals surface area contributed by atoms with E-state index in [1.165, 1.54) is 0 Å². The molecular weight excluding hydrogens is 420 g/mol. The quantitative estimate of drug-likeness (QED) is 0.304. The van der Waals surface area contributed by atoms with E-state index < -0.39 is 18.7 Å². The number of rotatable bonds is 10. The van der Waals surface area contributed by atoms with Crippen LogP contribution in [-0.2, 0) is 11.3 Å². The average molecular weight is 449 g/mol. The molecular formula is C25H28N4O4. The van der Waals surface area contributed by atoms with Crippen molar-refractivity contribution in [1.82, 2.24) is 10.3 Å². The molecule has 0 fully saturated rings. The van der Waals surface area contributed by atoms with E-state index in [9.17, 15) is 14.7 Å². The smallest absolute Gasteiger partial charge is 0.253 e. The number of aliphatic hydroxyl groups excluding tert-OH is 2. The minimum atomic E-state index is -1.32. The first-order valence-corrected chi connectivity index (χ1v) is 10.8. The normalized spacial score (nSPS) is 11.5. The minimum absolute atomic E-state index is 0.0490. The Labute approximate surface area is 192 Å². The van der Waals surface area contributed by atoms with Gasteiger partial charge in [0.05, 0.1) is 12.3 Å². The van der Waals surface area contributed by atoms with Gasteiger partial charge in [-0.05, 0) is 41.3 Å². The van der Waals surface area contributed by atoms with Gasteiger partial charge in [-0.2, -0.15) is 0 Å². The molecule has 1 heterocycles. The van der Waals surface area contributed by atoms with Crippen molar-refractivity contribution in [2.45, 2.75) is 32.5 Å². The van der Waals surface area contributed by atoms with E-state index in [2.05, 4.69) is 20.9 Å². The predicted octanol–water partition coefficient (Wildman–Crippen LogP) is 3.14. The van der Waals surface area contributed by atoms with Gasteiger partial charge in [0.15, 0.2) is 0 Å². The maximum Gasteiger partial charge on any atom is 0.253 e. The molecule has 2 amide bonds. The van der Waals surface area contributed by atoms with Gasteiger partial charge < -0.3 is 26.2 Å². The lowest BCUT2D eigenvalue weighted by Gasteiger charge is -2.14. The first kappa shape index (κ1) is 23.9. The molecule has 0 aliphatic heterocycles. The first-order valence-electron chi connectivity index (χ1n) is 10.8. The molecule has 33 heavy (non-hydrogen) atoms. The molecule has 0 saturated heterocycles. The second-order valence-electron chi connectivity index (χ2n) is 7.47. The van der Waals surface area contributed by atoms with Crippen molar-refractivity contribution in [2.75, 3.05) is 17.2 Å². The number of benzene rings is 2. The number of hydrogen-bond donors (Lipinski definition) is 5. The molecule has 3 rings (SSSR count). The summed E-state index contributed by atoms with van der Waals surface area (Å²) in [6, 6.07) is 18.4. The second-order valence-corrected chi connectivity index (χ2v) is 7.47. The third kappa shape index (κ3) is 6.61. The van der Waals surface area contributed by atoms with Crippen LogP contribution in [0.3, 0.4) is 0 Å². The molecule has 1 unspecified atom stereocenters. The number of aliphatic hydroxyl groups is 2. The summed E-state index contributed by atoms with van der Waals surface area (Å²) in [7, 11) is 0. The van der Waals surface area contributed by atoms with Crippen LogP contribution < -0.4 is 16.0 Å². The average Bonchev–Trinajstić information content (AvgIpc) is 2.84. The Morgan fingerprint density at radius 3 is 2.52 bits per heavy atom. The summed E-state index contributed by atoms with van der Waals surface area (Å²) >= 11 is 0. The van der Waals surface area contributed by atoms with E-state index >= 15 is 0 Å². The topological polar surface area (TPSA) is 124 Å². The number of amides is 2. The molecule has 8 heteroatoms. The van der Waals surface area contributed by atoms with Crippen LogP contribution in [0.25, 0.3) is 11.1 Å². The highest BCUT2D eigenvalue weighted by Gasteiger charge is 2.15. The van der Waals surface area contributed by atoms with Crippen LogP contribution in [0, 0.1) is 0 Å². The Bertz CT molecular complexity index is 1090. The molecule has 1 atom stereocenters. The van der Waals surface area contributed by atoms with Gasteiger partial charge >= 0.3 is 0 Å². The van der Waals surface area contributed by atoms with Crippen LogP contribution in [0.15, 0.2) is 66.9 Å². The second kappa shape index (κ2) is 11.8. The fourth-order valence-corrected chi connectivity index (χ4v) is 3.28. The summed E-state index contributed by atoms with van der Waals surface area (Å²) in [5, 5.41) is 27.0. The highest BCUT2D eigenvalue weighted by Crippen LogP contribution is 2.25. The van der Waals surface area contributed by atoms with Gasteiger partial charge in [0.25, 0.3) is 5.91 Å². The number of carbonyl (C=O) groups is 2. The van der Waals surface area contributed by atoms with Crippen molar-refractivity contribution in [3.05, 3.63) is 78.0 Å². The van der Waals surface area contributed by atoms with Gasteiger partial charge in [-0.15, -0.1) is 0 Å². The number of pyridine rings is 1. The molecule has 0 aliphatic rings. The maximum absolute atomic E-state index is 12.5. The van der Waals surface area contributed by atoms with Crippen LogP contribution in [-0.4, -0.2) is 39.8 Å². The van der Waals surface area contributed by atoms with E-state index in [-0.39, 0.29) is 5.91 Å². The van der Waals surface area contributed by atoms with Crippen molar-refractivity contribution in [2.24, 2.45) is 0 Å². The summed E-state index contributed by atoms with van der Waals surface area (Å²) in [5.74, 6) is 0.0771. The molecule has 2 aromatic carbocycles. The number of hydrogen-bond acceptors (Lipinski definition) is 6. The van der Waals surface area contributed by atoms with Gasteiger partial charge in [-0.1, -0.05) is 49.4 Å². The maximum atomic E-state index is 12.5. The molecule has 0 radical (unpaired) electrons. The number of nitrogens with zero attached hydrogens (tertiary/aromatic N) is 1. The minimum Gasteiger partial charge on any atom is -0.392 e. The van der Waals surface area contributed by atoms with Crippen LogP contribution in [0.4, 0.5) is 11.5 Å². The lowest BCUT2D eigenvalue weighted by atomic mass is 9.98. The van der Waals surface area contributed by atoms with E-state index in [1.807, 2.05) is 49.4 Å². The van der Waals surface area contributed by atoms with Gasteiger partial charge in [-0.25, -0.2) is 4.98 Å². The Morgan fingerprint density at radius 2 is 1.79 bits per heavy atom. The Kier molecular flexibility index (Phi) is 8.51. The lowest BCUT2D eigenvalue weighted by Crippen LogP contribution is -2.37. The zero-order valence-corrected chi connectivity index (χ0v) is 18.4. The predicted molar refractivity (Wildman–Crippen MR) is 128 cm³/mol. The number of anilines is 2. The summed E-state index contributed by atoms with van der Waals surface area (Å²) in [4.78, 5) is 28.7. The fraction of sp³-hybridized carbons (Fsp3) is 0.240. The standard InChI is InChI=1S/C25H28N4O4/c1-2-6-22(31)28-21-9-5-14-26-24(21)27-15-17-10-12-18(13-11-17)19-7-3-4-8-20(19)25(33)29-23(32)16-30/h3-5,7-14,23,30,32H,2,6,15-16H2,1H3,(H,26,27)(H,28,31)(H,29,33). The lowest BCUT2D eigenvalue weighted by molar-refractivity contribution is -0.116. The zero-order valence-electron chi connectivity index (χ0n) is 18.4. The van der Waals surface area contributed by atoms with E-state index in [0.29, 0.717) is 35.6 Å². The summed E-state index contributed by atoms with van der Waals surface area (Å²) in [6.07, 6.45) is 1.57. The van der Waals surface area contributed by atoms with E-state index in [1.54, 1.807) is 24.4 Å².